The van der Waals surface area contributed by atoms with Crippen molar-refractivity contribution in [2.24, 2.45) is 0 Å². The number of anilines is 1. The maximum atomic E-state index is 12.8. The van der Waals surface area contributed by atoms with Gasteiger partial charge in [0.15, 0.2) is 0 Å². The number of aromatic nitrogens is 2. The minimum atomic E-state index is -0.199. The molecule has 1 aliphatic heterocycles. The van der Waals surface area contributed by atoms with Gasteiger partial charge in [-0.2, -0.15) is 4.98 Å². The van der Waals surface area contributed by atoms with Crippen LogP contribution in [0.4, 0.5) is 10.5 Å². The van der Waals surface area contributed by atoms with Crippen LogP contribution in [-0.4, -0.2) is 33.9 Å². The fraction of sp³-hybridized carbons (Fsp3) is 0.286. The summed E-state index contributed by atoms with van der Waals surface area (Å²) < 4.78 is 5.52. The highest BCUT2D eigenvalue weighted by Gasteiger charge is 2.34. The molecule has 1 unspecified atom stereocenters. The van der Waals surface area contributed by atoms with E-state index in [0.29, 0.717) is 18.3 Å². The highest BCUT2D eigenvalue weighted by atomic mass is 32.2. The van der Waals surface area contributed by atoms with Gasteiger partial charge in [-0.3, -0.25) is 0 Å². The number of benzene rings is 2. The largest absolute Gasteiger partial charge is 0.337 e. The molecule has 1 N–H and O–H groups in total. The molecule has 144 valence electrons. The third-order valence-corrected chi connectivity index (χ3v) is 5.56. The average molecular weight is 395 g/mol. The minimum Gasteiger partial charge on any atom is -0.337 e. The lowest BCUT2D eigenvalue weighted by atomic mass is 10.1. The average Bonchev–Trinajstić information content (AvgIpc) is 3.37. The lowest BCUT2D eigenvalue weighted by molar-refractivity contribution is 0.193. The predicted octanol–water partition coefficient (Wildman–Crippen LogP) is 5.14. The minimum absolute atomic E-state index is 0.143. The molecule has 1 aliphatic rings. The molecule has 0 spiro atoms. The molecule has 2 amide bonds. The normalized spacial score (nSPS) is 16.4. The Morgan fingerprint density at radius 2 is 2.11 bits per heavy atom. The quantitative estimate of drug-likeness (QED) is 0.621. The Morgan fingerprint density at radius 3 is 2.93 bits per heavy atom. The Bertz CT molecular complexity index is 988. The van der Waals surface area contributed by atoms with Crippen LogP contribution in [0.15, 0.2) is 57.9 Å². The number of aryl methyl sites for hydroxylation is 1. The van der Waals surface area contributed by atoms with Gasteiger partial charge < -0.3 is 14.7 Å². The van der Waals surface area contributed by atoms with Crippen LogP contribution in [0.3, 0.4) is 0 Å². The zero-order valence-electron chi connectivity index (χ0n) is 15.9. The number of likely N-dealkylation sites (tertiary alicyclic amines) is 1. The van der Waals surface area contributed by atoms with Gasteiger partial charge in [0.2, 0.25) is 11.7 Å². The molecule has 2 aromatic carbocycles. The summed E-state index contributed by atoms with van der Waals surface area (Å²) in [7, 11) is 0. The molecular weight excluding hydrogens is 372 g/mol. The van der Waals surface area contributed by atoms with Crippen LogP contribution in [0, 0.1) is 6.92 Å². The highest BCUT2D eigenvalue weighted by molar-refractivity contribution is 7.98. The van der Waals surface area contributed by atoms with Crippen molar-refractivity contribution < 1.29 is 9.32 Å². The second-order valence-corrected chi connectivity index (χ2v) is 7.72. The van der Waals surface area contributed by atoms with Crippen molar-refractivity contribution in [3.05, 3.63) is 60.0 Å². The van der Waals surface area contributed by atoms with E-state index in [-0.39, 0.29) is 12.1 Å². The molecule has 1 saturated heterocycles. The number of amides is 2. The molecule has 0 radical (unpaired) electrons. The van der Waals surface area contributed by atoms with E-state index in [9.17, 15) is 4.79 Å². The zero-order chi connectivity index (χ0) is 19.5. The first kappa shape index (κ1) is 18.6. The summed E-state index contributed by atoms with van der Waals surface area (Å²) in [5.74, 6) is 1.04. The van der Waals surface area contributed by atoms with Gasteiger partial charge in [-0.1, -0.05) is 35.0 Å². The summed E-state index contributed by atoms with van der Waals surface area (Å²) >= 11 is 1.64. The third-order valence-electron chi connectivity index (χ3n) is 4.84. The van der Waals surface area contributed by atoms with E-state index in [0.717, 1.165) is 34.6 Å². The Labute approximate surface area is 168 Å². The zero-order valence-corrected chi connectivity index (χ0v) is 16.7. The van der Waals surface area contributed by atoms with E-state index in [2.05, 4.69) is 15.5 Å². The number of nitrogens with one attached hydrogen (secondary N) is 1. The summed E-state index contributed by atoms with van der Waals surface area (Å²) in [6.07, 6.45) is 3.73. The van der Waals surface area contributed by atoms with E-state index < -0.39 is 0 Å². The van der Waals surface area contributed by atoms with Gasteiger partial charge in [0.25, 0.3) is 0 Å². The van der Waals surface area contributed by atoms with E-state index in [4.69, 9.17) is 4.52 Å². The number of rotatable bonds is 4. The number of carbonyl (C=O) groups excluding carboxylic acids is 1. The maximum Gasteiger partial charge on any atom is 0.322 e. The molecule has 2 heterocycles. The molecule has 0 aliphatic carbocycles. The lowest BCUT2D eigenvalue weighted by Crippen LogP contribution is -2.34. The number of hydrogen-bond acceptors (Lipinski definition) is 5. The Kier molecular flexibility index (Phi) is 5.34. The molecule has 4 rings (SSSR count). The van der Waals surface area contributed by atoms with E-state index in [1.165, 1.54) is 0 Å². The van der Waals surface area contributed by atoms with Gasteiger partial charge in [0, 0.05) is 22.7 Å². The molecule has 1 aromatic heterocycles. The molecule has 7 heteroatoms. The van der Waals surface area contributed by atoms with E-state index in [1.54, 1.807) is 16.7 Å². The van der Waals surface area contributed by atoms with E-state index in [1.807, 2.05) is 61.7 Å². The van der Waals surface area contributed by atoms with Crippen molar-refractivity contribution >= 4 is 23.5 Å². The summed E-state index contributed by atoms with van der Waals surface area (Å²) in [4.78, 5) is 20.3. The van der Waals surface area contributed by atoms with Gasteiger partial charge in [-0.15, -0.1) is 11.8 Å². The highest BCUT2D eigenvalue weighted by Crippen LogP contribution is 2.33. The van der Waals surface area contributed by atoms with Gasteiger partial charge in [-0.05, 0) is 50.3 Å². The second-order valence-electron chi connectivity index (χ2n) is 6.84. The summed E-state index contributed by atoms with van der Waals surface area (Å²) in [5, 5.41) is 7.11. The van der Waals surface area contributed by atoms with Crippen LogP contribution < -0.4 is 5.32 Å². The first-order valence-corrected chi connectivity index (χ1v) is 10.5. The summed E-state index contributed by atoms with van der Waals surface area (Å²) in [6, 6.07) is 15.5. The van der Waals surface area contributed by atoms with Gasteiger partial charge in [0.05, 0.1) is 0 Å². The van der Waals surface area contributed by atoms with Crippen LogP contribution >= 0.6 is 11.8 Å². The topological polar surface area (TPSA) is 71.3 Å². The van der Waals surface area contributed by atoms with Crippen molar-refractivity contribution in [1.82, 2.24) is 15.0 Å². The monoisotopic (exact) mass is 394 g/mol. The maximum absolute atomic E-state index is 12.8. The standard InChI is InChI=1S/C21H22N4O2S/c1-14-6-3-7-15(12-14)19-23-20(27-24-19)18-10-5-11-25(18)21(26)22-16-8-4-9-17(13-16)28-2/h3-4,6-9,12-13,18H,5,10-11H2,1-2H3,(H,22,26). The Hall–Kier alpha value is -2.80. The third kappa shape index (κ3) is 3.89. The first-order chi connectivity index (χ1) is 13.6. The Balaban J connectivity index is 1.51. The first-order valence-electron chi connectivity index (χ1n) is 9.26. The number of hydrogen-bond donors (Lipinski definition) is 1. The predicted molar refractivity (Wildman–Crippen MR) is 110 cm³/mol. The number of thioether (sulfide) groups is 1. The molecule has 3 aromatic rings. The molecule has 0 saturated carbocycles. The number of carbonyl (C=O) groups is 1. The molecule has 28 heavy (non-hydrogen) atoms. The van der Waals surface area contributed by atoms with Gasteiger partial charge in [0.1, 0.15) is 6.04 Å². The number of nitrogens with zero attached hydrogens (tertiary/aromatic N) is 3. The van der Waals surface area contributed by atoms with E-state index >= 15 is 0 Å². The van der Waals surface area contributed by atoms with Crippen LogP contribution in [0.2, 0.25) is 0 Å². The SMILES string of the molecule is CSc1cccc(NC(=O)N2CCCC2c2nc(-c3cccc(C)c3)no2)c1. The van der Waals surface area contributed by atoms with Crippen molar-refractivity contribution in [2.45, 2.75) is 30.7 Å². The summed E-state index contributed by atoms with van der Waals surface area (Å²) in [6.45, 7) is 2.69. The van der Waals surface area contributed by atoms with Crippen molar-refractivity contribution in [2.75, 3.05) is 18.1 Å². The summed E-state index contributed by atoms with van der Waals surface area (Å²) in [5.41, 5.74) is 2.84. The van der Waals surface area contributed by atoms with Gasteiger partial charge in [-0.25, -0.2) is 4.79 Å². The fourth-order valence-electron chi connectivity index (χ4n) is 3.43. The molecule has 6 nitrogen and oxygen atoms in total. The molecule has 1 atom stereocenters. The molecule has 0 bridgehead atoms. The molecule has 1 fully saturated rings. The van der Waals surface area contributed by atoms with Crippen LogP contribution in [0.5, 0.6) is 0 Å². The second kappa shape index (κ2) is 8.06. The van der Waals surface area contributed by atoms with Crippen molar-refractivity contribution in [3.8, 4) is 11.4 Å². The van der Waals surface area contributed by atoms with Crippen molar-refractivity contribution in [1.29, 1.82) is 0 Å². The van der Waals surface area contributed by atoms with Crippen LogP contribution in [0.1, 0.15) is 30.3 Å². The molecular formula is C21H22N4O2S. The van der Waals surface area contributed by atoms with Crippen LogP contribution in [-0.2, 0) is 0 Å². The lowest BCUT2D eigenvalue weighted by Gasteiger charge is -2.22. The van der Waals surface area contributed by atoms with Crippen LogP contribution in [0.25, 0.3) is 11.4 Å². The Morgan fingerprint density at radius 1 is 1.25 bits per heavy atom. The fourth-order valence-corrected chi connectivity index (χ4v) is 3.89. The van der Waals surface area contributed by atoms with Crippen molar-refractivity contribution in [3.63, 3.8) is 0 Å². The van der Waals surface area contributed by atoms with Gasteiger partial charge >= 0.3 is 6.03 Å². The smallest absolute Gasteiger partial charge is 0.322 e. The number of urea groups is 1.